The average molecular weight is 313 g/mol. The van der Waals surface area contributed by atoms with Crippen molar-refractivity contribution in [2.45, 2.75) is 12.8 Å². The van der Waals surface area contributed by atoms with E-state index in [2.05, 4.69) is 10.4 Å². The van der Waals surface area contributed by atoms with E-state index in [9.17, 15) is 13.6 Å². The molecule has 0 radical (unpaired) electrons. The average Bonchev–Trinajstić information content (AvgIpc) is 3.21. The van der Waals surface area contributed by atoms with Crippen LogP contribution in [-0.4, -0.2) is 15.7 Å². The molecule has 0 fully saturated rings. The minimum absolute atomic E-state index is 0.105. The van der Waals surface area contributed by atoms with E-state index in [0.29, 0.717) is 5.69 Å². The molecule has 1 heterocycles. The van der Waals surface area contributed by atoms with E-state index in [-0.39, 0.29) is 5.56 Å². The van der Waals surface area contributed by atoms with Crippen molar-refractivity contribution in [3.8, 4) is 0 Å². The number of aromatic nitrogens is 2. The number of nitrogens with one attached hydrogen (secondary N) is 1. The highest BCUT2D eigenvalue weighted by Gasteiger charge is 2.24. The molecule has 0 aliphatic heterocycles. The van der Waals surface area contributed by atoms with E-state index in [1.54, 1.807) is 6.07 Å². The molecular formula is C17H13F2N3O. The Morgan fingerprint density at radius 1 is 1.26 bits per heavy atom. The van der Waals surface area contributed by atoms with Gasteiger partial charge in [0.2, 0.25) is 0 Å². The minimum atomic E-state index is -2.79. The quantitative estimate of drug-likeness (QED) is 0.627. The number of carbonyl (C=O) groups excluding carboxylic acids is 1. The van der Waals surface area contributed by atoms with Crippen LogP contribution in [0.25, 0.3) is 10.8 Å². The number of nitrogens with zero attached hydrogens (tertiary/aromatic N) is 2. The number of anilines is 1. The molecule has 0 bridgehead atoms. The van der Waals surface area contributed by atoms with E-state index in [4.69, 9.17) is 0 Å². The largest absolute Gasteiger partial charge is 0.321 e. The number of benzene rings is 2. The number of carbonyl (C=O) groups is 1. The van der Waals surface area contributed by atoms with Crippen molar-refractivity contribution in [2.24, 2.45) is 7.05 Å². The molecule has 1 aliphatic rings. The summed E-state index contributed by atoms with van der Waals surface area (Å²) in [6, 6.07) is 9.61. The van der Waals surface area contributed by atoms with E-state index < -0.39 is 18.0 Å². The zero-order valence-electron chi connectivity index (χ0n) is 12.3. The Bertz CT molecular complexity index is 946. The number of fused-ring (bicyclic) bond motifs is 3. The van der Waals surface area contributed by atoms with Crippen LogP contribution in [0, 0.1) is 0 Å². The SMILES string of the molecule is Cn1cc(C(=O)Nc2cccc3c4c(ccc23)C4)c(C(F)F)n1. The third-order valence-electron chi connectivity index (χ3n) is 4.07. The van der Waals surface area contributed by atoms with Gasteiger partial charge in [-0.1, -0.05) is 24.3 Å². The normalized spacial score (nSPS) is 12.5. The maximum atomic E-state index is 13.0. The predicted molar refractivity (Wildman–Crippen MR) is 82.9 cm³/mol. The first kappa shape index (κ1) is 13.9. The lowest BCUT2D eigenvalue weighted by molar-refractivity contribution is 0.101. The van der Waals surface area contributed by atoms with Gasteiger partial charge in [-0.25, -0.2) is 8.78 Å². The van der Waals surface area contributed by atoms with Gasteiger partial charge in [-0.2, -0.15) is 5.10 Å². The molecule has 2 aromatic carbocycles. The molecule has 4 rings (SSSR count). The highest BCUT2D eigenvalue weighted by atomic mass is 19.3. The second-order valence-corrected chi connectivity index (χ2v) is 5.64. The standard InChI is InChI=1S/C17H13F2N3O/c1-22-8-13(15(21-22)16(18)19)17(23)20-14-4-2-3-10-11(14)6-5-9-7-12(9)10/h2-6,8,16H,7H2,1H3,(H,20,23). The summed E-state index contributed by atoms with van der Waals surface area (Å²) in [7, 11) is 1.51. The molecule has 0 saturated heterocycles. The first-order valence-corrected chi connectivity index (χ1v) is 7.21. The Morgan fingerprint density at radius 3 is 2.87 bits per heavy atom. The molecule has 116 valence electrons. The molecule has 23 heavy (non-hydrogen) atoms. The predicted octanol–water partition coefficient (Wildman–Crippen LogP) is 3.67. The summed E-state index contributed by atoms with van der Waals surface area (Å²) in [5.41, 5.74) is 2.61. The molecule has 1 aromatic heterocycles. The van der Waals surface area contributed by atoms with Crippen LogP contribution in [0.5, 0.6) is 0 Å². The van der Waals surface area contributed by atoms with Crippen LogP contribution in [0.15, 0.2) is 36.5 Å². The molecule has 0 atom stereocenters. The number of halogens is 2. The zero-order valence-corrected chi connectivity index (χ0v) is 12.3. The number of rotatable bonds is 3. The second kappa shape index (κ2) is 4.87. The molecule has 4 nitrogen and oxygen atoms in total. The Labute approximate surface area is 130 Å². The summed E-state index contributed by atoms with van der Waals surface area (Å²) in [6.07, 6.45) is -0.511. The molecule has 1 aliphatic carbocycles. The van der Waals surface area contributed by atoms with Gasteiger partial charge in [-0.15, -0.1) is 0 Å². The molecule has 6 heteroatoms. The topological polar surface area (TPSA) is 46.9 Å². The van der Waals surface area contributed by atoms with Gasteiger partial charge in [0.1, 0.15) is 5.69 Å². The number of hydrogen-bond acceptors (Lipinski definition) is 2. The molecular weight excluding hydrogens is 300 g/mol. The fourth-order valence-electron chi connectivity index (χ4n) is 2.91. The van der Waals surface area contributed by atoms with Crippen LogP contribution < -0.4 is 5.32 Å². The third kappa shape index (κ3) is 2.27. The summed E-state index contributed by atoms with van der Waals surface area (Å²) in [6.45, 7) is 0. The first-order chi connectivity index (χ1) is 11.0. The Morgan fingerprint density at radius 2 is 2.09 bits per heavy atom. The van der Waals surface area contributed by atoms with Crippen molar-refractivity contribution in [3.05, 3.63) is 58.9 Å². The van der Waals surface area contributed by atoms with Crippen molar-refractivity contribution in [2.75, 3.05) is 5.32 Å². The van der Waals surface area contributed by atoms with Crippen LogP contribution in [0.2, 0.25) is 0 Å². The van der Waals surface area contributed by atoms with Crippen LogP contribution in [-0.2, 0) is 13.5 Å². The second-order valence-electron chi connectivity index (χ2n) is 5.64. The monoisotopic (exact) mass is 313 g/mol. The van der Waals surface area contributed by atoms with E-state index >= 15 is 0 Å². The van der Waals surface area contributed by atoms with Gasteiger partial charge in [0.05, 0.1) is 5.56 Å². The molecule has 3 aromatic rings. The highest BCUT2D eigenvalue weighted by molar-refractivity contribution is 6.10. The maximum absolute atomic E-state index is 13.0. The number of alkyl halides is 2. The van der Waals surface area contributed by atoms with Crippen molar-refractivity contribution in [1.82, 2.24) is 9.78 Å². The number of amides is 1. The van der Waals surface area contributed by atoms with Gasteiger partial charge in [-0.05, 0) is 29.0 Å². The van der Waals surface area contributed by atoms with Crippen LogP contribution >= 0.6 is 0 Å². The fourth-order valence-corrected chi connectivity index (χ4v) is 2.91. The molecule has 0 saturated carbocycles. The summed E-state index contributed by atoms with van der Waals surface area (Å²) >= 11 is 0. The van der Waals surface area contributed by atoms with Gasteiger partial charge in [0.15, 0.2) is 0 Å². The van der Waals surface area contributed by atoms with Crippen molar-refractivity contribution >= 4 is 22.4 Å². The van der Waals surface area contributed by atoms with Gasteiger partial charge in [0, 0.05) is 24.3 Å². The van der Waals surface area contributed by atoms with E-state index in [0.717, 1.165) is 17.2 Å². The summed E-state index contributed by atoms with van der Waals surface area (Å²) < 4.78 is 27.2. The zero-order chi connectivity index (χ0) is 16.1. The third-order valence-corrected chi connectivity index (χ3v) is 4.07. The van der Waals surface area contributed by atoms with Crippen molar-refractivity contribution in [1.29, 1.82) is 0 Å². The highest BCUT2D eigenvalue weighted by Crippen LogP contribution is 2.38. The molecule has 1 amide bonds. The van der Waals surface area contributed by atoms with Gasteiger partial charge >= 0.3 is 0 Å². The fraction of sp³-hybridized carbons (Fsp3) is 0.176. The Balaban J connectivity index is 1.72. The van der Waals surface area contributed by atoms with E-state index in [1.165, 1.54) is 29.1 Å². The van der Waals surface area contributed by atoms with Gasteiger partial charge < -0.3 is 5.32 Å². The number of aryl methyl sites for hydroxylation is 1. The smallest absolute Gasteiger partial charge is 0.282 e. The summed E-state index contributed by atoms with van der Waals surface area (Å²) in [5, 5.41) is 8.41. The van der Waals surface area contributed by atoms with Gasteiger partial charge in [-0.3, -0.25) is 9.48 Å². The maximum Gasteiger partial charge on any atom is 0.282 e. The van der Waals surface area contributed by atoms with Crippen LogP contribution in [0.1, 0.15) is 33.6 Å². The summed E-state index contributed by atoms with van der Waals surface area (Å²) in [5.74, 6) is -0.578. The lowest BCUT2D eigenvalue weighted by Gasteiger charge is -2.08. The van der Waals surface area contributed by atoms with Crippen LogP contribution in [0.3, 0.4) is 0 Å². The first-order valence-electron chi connectivity index (χ1n) is 7.21. The van der Waals surface area contributed by atoms with Crippen LogP contribution in [0.4, 0.5) is 14.5 Å². The Kier molecular flexibility index (Phi) is 2.94. The Hall–Kier alpha value is -2.76. The summed E-state index contributed by atoms with van der Waals surface area (Å²) in [4.78, 5) is 12.4. The van der Waals surface area contributed by atoms with E-state index in [1.807, 2.05) is 24.3 Å². The van der Waals surface area contributed by atoms with Crippen molar-refractivity contribution in [3.63, 3.8) is 0 Å². The molecule has 1 N–H and O–H groups in total. The molecule has 0 spiro atoms. The lowest BCUT2D eigenvalue weighted by atomic mass is 10.1. The van der Waals surface area contributed by atoms with Gasteiger partial charge in [0.25, 0.3) is 12.3 Å². The minimum Gasteiger partial charge on any atom is -0.321 e. The number of hydrogen-bond donors (Lipinski definition) is 1. The molecule has 0 unspecified atom stereocenters. The van der Waals surface area contributed by atoms with Crippen molar-refractivity contribution < 1.29 is 13.6 Å². The lowest BCUT2D eigenvalue weighted by Crippen LogP contribution is -2.13.